The Morgan fingerprint density at radius 3 is 2.55 bits per heavy atom. The Balaban J connectivity index is 2.05. The maximum Gasteiger partial charge on any atom is 0.254 e. The van der Waals surface area contributed by atoms with E-state index in [9.17, 15) is 4.79 Å². The molecule has 0 aliphatic rings. The van der Waals surface area contributed by atoms with Crippen molar-refractivity contribution >= 4 is 40.7 Å². The summed E-state index contributed by atoms with van der Waals surface area (Å²) in [7, 11) is 0. The van der Waals surface area contributed by atoms with Crippen molar-refractivity contribution in [2.24, 2.45) is 5.92 Å². The van der Waals surface area contributed by atoms with Gasteiger partial charge in [0, 0.05) is 24.0 Å². The van der Waals surface area contributed by atoms with Crippen LogP contribution < -0.4 is 10.6 Å². The summed E-state index contributed by atoms with van der Waals surface area (Å²) < 4.78 is 0. The summed E-state index contributed by atoms with van der Waals surface area (Å²) in [5.41, 5.74) is 1.01. The fourth-order valence-electron chi connectivity index (χ4n) is 1.62. The summed E-state index contributed by atoms with van der Waals surface area (Å²) >= 11 is 12.0. The highest BCUT2D eigenvalue weighted by Gasteiger charge is 2.08. The van der Waals surface area contributed by atoms with Gasteiger partial charge in [-0.15, -0.1) is 0 Å². The van der Waals surface area contributed by atoms with Crippen molar-refractivity contribution in [2.75, 3.05) is 11.9 Å². The quantitative estimate of drug-likeness (QED) is 0.867. The van der Waals surface area contributed by atoms with Gasteiger partial charge in [-0.1, -0.05) is 37.0 Å². The van der Waals surface area contributed by atoms with Gasteiger partial charge in [-0.25, -0.2) is 9.97 Å². The first-order valence-electron chi connectivity index (χ1n) is 6.78. The van der Waals surface area contributed by atoms with Crippen molar-refractivity contribution in [1.29, 1.82) is 0 Å². The zero-order valence-corrected chi connectivity index (χ0v) is 13.7. The predicted molar refractivity (Wildman–Crippen MR) is 88.9 cm³/mol. The molecule has 0 fully saturated rings. The monoisotopic (exact) mass is 338 g/mol. The molecule has 2 N–H and O–H groups in total. The third-order valence-corrected chi connectivity index (χ3v) is 3.32. The number of rotatable bonds is 5. The Labute approximate surface area is 139 Å². The van der Waals surface area contributed by atoms with Gasteiger partial charge in [0.25, 0.3) is 5.91 Å². The minimum atomic E-state index is -0.193. The molecule has 2 rings (SSSR count). The van der Waals surface area contributed by atoms with E-state index in [1.165, 1.54) is 12.4 Å². The molecule has 0 saturated heterocycles. The smallest absolute Gasteiger partial charge is 0.254 e. The minimum Gasteiger partial charge on any atom is -0.352 e. The second kappa shape index (κ2) is 7.42. The van der Waals surface area contributed by atoms with Gasteiger partial charge in [0.2, 0.25) is 5.95 Å². The number of hydrogen-bond acceptors (Lipinski definition) is 4. The summed E-state index contributed by atoms with van der Waals surface area (Å²) in [5, 5.41) is 6.82. The largest absolute Gasteiger partial charge is 0.352 e. The average molecular weight is 339 g/mol. The first-order valence-corrected chi connectivity index (χ1v) is 7.53. The topological polar surface area (TPSA) is 66.9 Å². The molecule has 0 saturated carbocycles. The summed E-state index contributed by atoms with van der Waals surface area (Å²) in [5.74, 6) is 0.529. The lowest BCUT2D eigenvalue weighted by Crippen LogP contribution is -2.27. The lowest BCUT2D eigenvalue weighted by Gasteiger charge is -2.09. The number of carbonyl (C=O) groups excluding carboxylic acids is 1. The second-order valence-electron chi connectivity index (χ2n) is 5.15. The molecule has 1 aromatic carbocycles. The third-order valence-electron chi connectivity index (χ3n) is 2.76. The summed E-state index contributed by atoms with van der Waals surface area (Å²) in [6.45, 7) is 4.66. The van der Waals surface area contributed by atoms with Gasteiger partial charge in [-0.3, -0.25) is 4.79 Å². The number of halogens is 2. The Morgan fingerprint density at radius 1 is 1.23 bits per heavy atom. The molecule has 0 bridgehead atoms. The second-order valence-corrected chi connectivity index (χ2v) is 5.99. The van der Waals surface area contributed by atoms with Crippen molar-refractivity contribution in [2.45, 2.75) is 13.8 Å². The van der Waals surface area contributed by atoms with E-state index in [0.717, 1.165) is 0 Å². The lowest BCUT2D eigenvalue weighted by atomic mass is 10.2. The molecule has 0 atom stereocenters. The van der Waals surface area contributed by atoms with Gasteiger partial charge in [-0.2, -0.15) is 0 Å². The average Bonchev–Trinajstić information content (AvgIpc) is 2.49. The standard InChI is InChI=1S/C15H16Cl2N4O/c1-9(2)6-18-14(22)10-7-19-15(20-8-10)21-13-5-11(16)3-4-12(13)17/h3-5,7-9H,6H2,1-2H3,(H,18,22)(H,19,20,21). The number of hydrogen-bond donors (Lipinski definition) is 2. The predicted octanol–water partition coefficient (Wildman–Crippen LogP) is 3.91. The van der Waals surface area contributed by atoms with E-state index in [-0.39, 0.29) is 5.91 Å². The maximum absolute atomic E-state index is 11.9. The number of aromatic nitrogens is 2. The molecule has 0 radical (unpaired) electrons. The zero-order chi connectivity index (χ0) is 16.1. The van der Waals surface area contributed by atoms with E-state index >= 15 is 0 Å². The Kier molecular flexibility index (Phi) is 5.57. The number of amides is 1. The van der Waals surface area contributed by atoms with Gasteiger partial charge in [-0.05, 0) is 24.1 Å². The van der Waals surface area contributed by atoms with E-state index in [0.29, 0.717) is 39.7 Å². The number of nitrogens with zero attached hydrogens (tertiary/aromatic N) is 2. The van der Waals surface area contributed by atoms with Crippen molar-refractivity contribution in [3.63, 3.8) is 0 Å². The fraction of sp³-hybridized carbons (Fsp3) is 0.267. The van der Waals surface area contributed by atoms with Crippen LogP contribution in [0.4, 0.5) is 11.6 Å². The van der Waals surface area contributed by atoms with Crippen molar-refractivity contribution < 1.29 is 4.79 Å². The number of carbonyl (C=O) groups is 1. The highest BCUT2D eigenvalue weighted by molar-refractivity contribution is 6.35. The van der Waals surface area contributed by atoms with E-state index in [4.69, 9.17) is 23.2 Å². The Bertz CT molecular complexity index is 659. The maximum atomic E-state index is 11.9. The Hall–Kier alpha value is -1.85. The normalized spacial score (nSPS) is 10.6. The molecule has 2 aromatic rings. The number of benzene rings is 1. The first kappa shape index (κ1) is 16.5. The molecule has 1 heterocycles. The van der Waals surface area contributed by atoms with Crippen molar-refractivity contribution in [3.05, 3.63) is 46.2 Å². The number of nitrogens with one attached hydrogen (secondary N) is 2. The molecule has 22 heavy (non-hydrogen) atoms. The number of anilines is 2. The van der Waals surface area contributed by atoms with Crippen LogP contribution in [-0.4, -0.2) is 22.4 Å². The minimum absolute atomic E-state index is 0.193. The lowest BCUT2D eigenvalue weighted by molar-refractivity contribution is 0.0948. The third kappa shape index (κ3) is 4.58. The first-order chi connectivity index (χ1) is 10.5. The van der Waals surface area contributed by atoms with Gasteiger partial charge in [0.05, 0.1) is 16.3 Å². The van der Waals surface area contributed by atoms with Gasteiger partial charge < -0.3 is 10.6 Å². The molecule has 1 aromatic heterocycles. The SMILES string of the molecule is CC(C)CNC(=O)c1cnc(Nc2cc(Cl)ccc2Cl)nc1. The van der Waals surface area contributed by atoms with E-state index in [1.54, 1.807) is 18.2 Å². The molecule has 0 unspecified atom stereocenters. The molecule has 7 heteroatoms. The van der Waals surface area contributed by atoms with Crippen LogP contribution in [0.5, 0.6) is 0 Å². The van der Waals surface area contributed by atoms with Crippen LogP contribution in [0.1, 0.15) is 24.2 Å². The fourth-order valence-corrected chi connectivity index (χ4v) is 1.96. The van der Waals surface area contributed by atoms with Crippen LogP contribution in [0.2, 0.25) is 10.0 Å². The van der Waals surface area contributed by atoms with Gasteiger partial charge >= 0.3 is 0 Å². The molecule has 5 nitrogen and oxygen atoms in total. The van der Waals surface area contributed by atoms with Crippen LogP contribution in [0.3, 0.4) is 0 Å². The summed E-state index contributed by atoms with van der Waals surface area (Å²) in [6, 6.07) is 5.05. The molecule has 0 aliphatic heterocycles. The van der Waals surface area contributed by atoms with Crippen LogP contribution in [0.15, 0.2) is 30.6 Å². The molecular formula is C15H16Cl2N4O. The molecule has 0 aliphatic carbocycles. The Morgan fingerprint density at radius 2 is 1.91 bits per heavy atom. The van der Waals surface area contributed by atoms with E-state index in [1.807, 2.05) is 13.8 Å². The molecule has 0 spiro atoms. The van der Waals surface area contributed by atoms with Crippen molar-refractivity contribution in [3.8, 4) is 0 Å². The van der Waals surface area contributed by atoms with Crippen LogP contribution in [-0.2, 0) is 0 Å². The van der Waals surface area contributed by atoms with Gasteiger partial charge in [0.1, 0.15) is 0 Å². The summed E-state index contributed by atoms with van der Waals surface area (Å²) in [4.78, 5) is 20.1. The van der Waals surface area contributed by atoms with Crippen molar-refractivity contribution in [1.82, 2.24) is 15.3 Å². The van der Waals surface area contributed by atoms with Gasteiger partial charge in [0.15, 0.2) is 0 Å². The molecule has 116 valence electrons. The van der Waals surface area contributed by atoms with Crippen LogP contribution >= 0.6 is 23.2 Å². The highest BCUT2D eigenvalue weighted by atomic mass is 35.5. The van der Waals surface area contributed by atoms with E-state index in [2.05, 4.69) is 20.6 Å². The van der Waals surface area contributed by atoms with E-state index < -0.39 is 0 Å². The molecular weight excluding hydrogens is 323 g/mol. The highest BCUT2D eigenvalue weighted by Crippen LogP contribution is 2.27. The van der Waals surface area contributed by atoms with Crippen LogP contribution in [0.25, 0.3) is 0 Å². The van der Waals surface area contributed by atoms with Crippen LogP contribution in [0, 0.1) is 5.92 Å². The summed E-state index contributed by atoms with van der Waals surface area (Å²) in [6.07, 6.45) is 2.92. The zero-order valence-electron chi connectivity index (χ0n) is 12.2. The molecule has 1 amide bonds.